The van der Waals surface area contributed by atoms with E-state index in [1.54, 1.807) is 12.1 Å². The van der Waals surface area contributed by atoms with E-state index in [2.05, 4.69) is 28.9 Å². The summed E-state index contributed by atoms with van der Waals surface area (Å²) in [4.78, 5) is 4.12. The van der Waals surface area contributed by atoms with Crippen LogP contribution in [0, 0.1) is 5.92 Å². The van der Waals surface area contributed by atoms with Crippen LogP contribution >= 0.6 is 24.0 Å². The molecule has 0 bridgehead atoms. The second-order valence-corrected chi connectivity index (χ2v) is 6.56. The van der Waals surface area contributed by atoms with E-state index in [4.69, 9.17) is 5.73 Å². The molecule has 0 fully saturated rings. The number of aliphatic imine (C=N–C) groups is 1. The van der Waals surface area contributed by atoms with Crippen LogP contribution in [0.5, 0.6) is 5.75 Å². The average molecular weight is 485 g/mol. The summed E-state index contributed by atoms with van der Waals surface area (Å²) in [6.45, 7) is 3.55. The number of aliphatic hydroxyl groups is 1. The molecule has 0 aromatic heterocycles. The van der Waals surface area contributed by atoms with Gasteiger partial charge in [0.2, 0.25) is 0 Å². The fourth-order valence-electron chi connectivity index (χ4n) is 2.39. The second kappa shape index (κ2) is 13.1. The molecular formula is C18H30F2IN3O2. The van der Waals surface area contributed by atoms with Gasteiger partial charge in [0, 0.05) is 6.04 Å². The van der Waals surface area contributed by atoms with Crippen LogP contribution in [0.4, 0.5) is 8.78 Å². The number of nitrogens with two attached hydrogens (primary N) is 1. The molecule has 26 heavy (non-hydrogen) atoms. The molecule has 0 radical (unpaired) electrons. The highest BCUT2D eigenvalue weighted by Crippen LogP contribution is 2.21. The first-order valence-corrected chi connectivity index (χ1v) is 8.57. The molecule has 2 atom stereocenters. The maximum atomic E-state index is 12.2. The van der Waals surface area contributed by atoms with Gasteiger partial charge < -0.3 is 20.9 Å². The highest BCUT2D eigenvalue weighted by molar-refractivity contribution is 14.0. The van der Waals surface area contributed by atoms with Gasteiger partial charge in [-0.2, -0.15) is 8.78 Å². The Kier molecular flexibility index (Phi) is 12.5. The Morgan fingerprint density at radius 3 is 2.58 bits per heavy atom. The standard InChI is InChI=1S/C18H29F2N3O2.HI/c1-12(2)6-4-7-13(3)23-18(21)22-11-16(24)14-8-5-9-15(10-14)25-17(19)20;/h5,8-10,12-13,16-17,24H,4,6-7,11H2,1-3H3,(H3,21,22,23);1H. The molecule has 0 amide bonds. The van der Waals surface area contributed by atoms with Gasteiger partial charge in [-0.1, -0.05) is 38.8 Å². The zero-order valence-corrected chi connectivity index (χ0v) is 17.8. The summed E-state index contributed by atoms with van der Waals surface area (Å²) in [7, 11) is 0. The molecule has 1 rings (SSSR count). The predicted octanol–water partition coefficient (Wildman–Crippen LogP) is 4.06. The van der Waals surface area contributed by atoms with E-state index >= 15 is 0 Å². The topological polar surface area (TPSA) is 79.9 Å². The van der Waals surface area contributed by atoms with Gasteiger partial charge in [0.15, 0.2) is 5.96 Å². The monoisotopic (exact) mass is 485 g/mol. The molecule has 150 valence electrons. The largest absolute Gasteiger partial charge is 0.435 e. The molecule has 0 aliphatic heterocycles. The molecule has 0 saturated carbocycles. The van der Waals surface area contributed by atoms with Crippen LogP contribution in [-0.2, 0) is 0 Å². The lowest BCUT2D eigenvalue weighted by atomic mass is 10.0. The van der Waals surface area contributed by atoms with Gasteiger partial charge in [-0.3, -0.25) is 4.99 Å². The van der Waals surface area contributed by atoms with E-state index < -0.39 is 12.7 Å². The van der Waals surface area contributed by atoms with Crippen molar-refractivity contribution < 1.29 is 18.6 Å². The van der Waals surface area contributed by atoms with Gasteiger partial charge >= 0.3 is 6.61 Å². The normalized spacial score (nSPS) is 14.1. The van der Waals surface area contributed by atoms with Crippen molar-refractivity contribution in [1.82, 2.24) is 5.32 Å². The average Bonchev–Trinajstić information content (AvgIpc) is 2.51. The Morgan fingerprint density at radius 2 is 1.96 bits per heavy atom. The fourth-order valence-corrected chi connectivity index (χ4v) is 2.39. The Labute approximate surface area is 171 Å². The van der Waals surface area contributed by atoms with E-state index in [1.807, 2.05) is 6.92 Å². The van der Waals surface area contributed by atoms with Crippen molar-refractivity contribution in [2.75, 3.05) is 6.54 Å². The van der Waals surface area contributed by atoms with Crippen LogP contribution in [0.3, 0.4) is 0 Å². The summed E-state index contributed by atoms with van der Waals surface area (Å²) >= 11 is 0. The Balaban J connectivity index is 0.00000625. The van der Waals surface area contributed by atoms with Crippen molar-refractivity contribution in [3.63, 3.8) is 0 Å². The minimum absolute atomic E-state index is 0. The summed E-state index contributed by atoms with van der Waals surface area (Å²) < 4.78 is 28.8. The van der Waals surface area contributed by atoms with Crippen LogP contribution in [0.15, 0.2) is 29.3 Å². The summed E-state index contributed by atoms with van der Waals surface area (Å²) in [6.07, 6.45) is 2.32. The van der Waals surface area contributed by atoms with Crippen molar-refractivity contribution in [1.29, 1.82) is 0 Å². The summed E-state index contributed by atoms with van der Waals surface area (Å²) in [5.41, 5.74) is 6.28. The molecule has 1 aromatic carbocycles. The molecule has 5 nitrogen and oxygen atoms in total. The number of hydrogen-bond donors (Lipinski definition) is 3. The van der Waals surface area contributed by atoms with Gasteiger partial charge in [0.05, 0.1) is 12.6 Å². The van der Waals surface area contributed by atoms with Crippen LogP contribution in [0.25, 0.3) is 0 Å². The number of aliphatic hydroxyl groups excluding tert-OH is 1. The molecule has 0 aliphatic rings. The lowest BCUT2D eigenvalue weighted by Gasteiger charge is -2.16. The van der Waals surface area contributed by atoms with E-state index in [0.717, 1.165) is 12.8 Å². The van der Waals surface area contributed by atoms with Crippen molar-refractivity contribution in [2.24, 2.45) is 16.6 Å². The SMILES string of the molecule is CC(C)CCCC(C)NC(N)=NCC(O)c1cccc(OC(F)F)c1.I. The number of rotatable bonds is 10. The minimum atomic E-state index is -2.90. The third kappa shape index (κ3) is 10.7. The minimum Gasteiger partial charge on any atom is -0.435 e. The van der Waals surface area contributed by atoms with E-state index in [1.165, 1.54) is 18.6 Å². The number of nitrogens with one attached hydrogen (secondary N) is 1. The van der Waals surface area contributed by atoms with Gasteiger partial charge in [-0.05, 0) is 37.0 Å². The molecule has 4 N–H and O–H groups in total. The second-order valence-electron chi connectivity index (χ2n) is 6.56. The summed E-state index contributed by atoms with van der Waals surface area (Å²) in [5, 5.41) is 13.2. The molecule has 0 spiro atoms. The first-order chi connectivity index (χ1) is 11.8. The van der Waals surface area contributed by atoms with Crippen molar-refractivity contribution >= 4 is 29.9 Å². The molecule has 1 aromatic rings. The lowest BCUT2D eigenvalue weighted by molar-refractivity contribution is -0.0499. The molecule has 0 aliphatic carbocycles. The van der Waals surface area contributed by atoms with Gasteiger partial charge in [0.1, 0.15) is 5.75 Å². The van der Waals surface area contributed by atoms with Gasteiger partial charge in [-0.15, -0.1) is 24.0 Å². The van der Waals surface area contributed by atoms with Gasteiger partial charge in [0.25, 0.3) is 0 Å². The highest BCUT2D eigenvalue weighted by Gasteiger charge is 2.11. The number of nitrogens with zero attached hydrogens (tertiary/aromatic N) is 1. The van der Waals surface area contributed by atoms with Gasteiger partial charge in [-0.25, -0.2) is 0 Å². The summed E-state index contributed by atoms with van der Waals surface area (Å²) in [5.74, 6) is 0.939. The highest BCUT2D eigenvalue weighted by atomic mass is 127. The number of guanidine groups is 1. The fraction of sp³-hybridized carbons (Fsp3) is 0.611. The maximum Gasteiger partial charge on any atom is 0.387 e. The van der Waals surface area contributed by atoms with E-state index in [9.17, 15) is 13.9 Å². The predicted molar refractivity (Wildman–Crippen MR) is 111 cm³/mol. The number of halogens is 3. The smallest absolute Gasteiger partial charge is 0.387 e. The van der Waals surface area contributed by atoms with Crippen LogP contribution < -0.4 is 15.8 Å². The molecule has 0 saturated heterocycles. The number of alkyl halides is 2. The van der Waals surface area contributed by atoms with Crippen molar-refractivity contribution in [3.8, 4) is 5.75 Å². The molecular weight excluding hydrogens is 455 g/mol. The third-order valence-electron chi connectivity index (χ3n) is 3.72. The zero-order valence-electron chi connectivity index (χ0n) is 15.5. The maximum absolute atomic E-state index is 12.2. The molecule has 2 unspecified atom stereocenters. The van der Waals surface area contributed by atoms with E-state index in [-0.39, 0.29) is 48.3 Å². The quantitative estimate of drug-likeness (QED) is 0.265. The Hall–Kier alpha value is -1.16. The van der Waals surface area contributed by atoms with Crippen molar-refractivity contribution in [2.45, 2.75) is 58.8 Å². The zero-order chi connectivity index (χ0) is 18.8. The van der Waals surface area contributed by atoms with Crippen LogP contribution in [0.1, 0.15) is 51.7 Å². The Bertz CT molecular complexity index is 545. The number of hydrogen-bond acceptors (Lipinski definition) is 3. The number of benzene rings is 1. The first kappa shape index (κ1) is 24.8. The Morgan fingerprint density at radius 1 is 1.27 bits per heavy atom. The lowest BCUT2D eigenvalue weighted by Crippen LogP contribution is -2.38. The van der Waals surface area contributed by atoms with Crippen molar-refractivity contribution in [3.05, 3.63) is 29.8 Å². The third-order valence-corrected chi connectivity index (χ3v) is 3.72. The van der Waals surface area contributed by atoms with Crippen LogP contribution in [-0.4, -0.2) is 30.3 Å². The first-order valence-electron chi connectivity index (χ1n) is 8.57. The number of ether oxygens (including phenoxy) is 1. The van der Waals surface area contributed by atoms with Crippen LogP contribution in [0.2, 0.25) is 0 Å². The summed E-state index contributed by atoms with van der Waals surface area (Å²) in [6, 6.07) is 6.13. The molecule has 8 heteroatoms. The molecule has 0 heterocycles. The van der Waals surface area contributed by atoms with E-state index in [0.29, 0.717) is 11.5 Å².